The summed E-state index contributed by atoms with van der Waals surface area (Å²) in [6.07, 6.45) is 7.28. The topological polar surface area (TPSA) is 54.0 Å². The largest absolute Gasteiger partial charge is 0.497 e. The Labute approximate surface area is 177 Å². The van der Waals surface area contributed by atoms with E-state index in [4.69, 9.17) is 18.9 Å². The number of carbonyl (C=O) groups is 1. The second-order valence-corrected chi connectivity index (χ2v) is 7.09. The molecule has 0 amide bonds. The van der Waals surface area contributed by atoms with E-state index in [1.807, 2.05) is 48.6 Å². The van der Waals surface area contributed by atoms with Gasteiger partial charge < -0.3 is 18.9 Å². The summed E-state index contributed by atoms with van der Waals surface area (Å²) in [6, 6.07) is 11.2. The molecule has 1 aliphatic carbocycles. The minimum absolute atomic E-state index is 0.0724. The molecule has 0 aromatic heterocycles. The number of allylic oxidation sites excluding steroid dienone is 2. The minimum atomic E-state index is 0.0724. The second-order valence-electron chi connectivity index (χ2n) is 7.09. The third-order valence-corrected chi connectivity index (χ3v) is 5.27. The van der Waals surface area contributed by atoms with Gasteiger partial charge >= 0.3 is 0 Å². The first-order valence-electron chi connectivity index (χ1n) is 9.99. The fourth-order valence-corrected chi connectivity index (χ4v) is 3.59. The van der Waals surface area contributed by atoms with Crippen molar-refractivity contribution in [1.82, 2.24) is 0 Å². The van der Waals surface area contributed by atoms with E-state index >= 15 is 0 Å². The predicted molar refractivity (Wildman–Crippen MR) is 119 cm³/mol. The SMILES string of the molecule is COc1ccc(C=C2CCCCC(=Cc3ccc(OC)cc3OC)C2=O)c(OC)c1. The van der Waals surface area contributed by atoms with Crippen molar-refractivity contribution in [2.45, 2.75) is 25.7 Å². The Morgan fingerprint density at radius 1 is 0.667 bits per heavy atom. The van der Waals surface area contributed by atoms with Crippen LogP contribution in [0.4, 0.5) is 0 Å². The monoisotopic (exact) mass is 408 g/mol. The van der Waals surface area contributed by atoms with Crippen molar-refractivity contribution < 1.29 is 23.7 Å². The highest BCUT2D eigenvalue weighted by Crippen LogP contribution is 2.33. The smallest absolute Gasteiger partial charge is 0.185 e. The summed E-state index contributed by atoms with van der Waals surface area (Å²) in [6.45, 7) is 0. The molecule has 0 heterocycles. The van der Waals surface area contributed by atoms with E-state index in [1.54, 1.807) is 28.4 Å². The standard InChI is InChI=1S/C25H28O5/c1-27-21-11-9-17(23(15-21)29-3)13-19-7-5-6-8-20(25(19)26)14-18-10-12-22(28-2)16-24(18)30-4/h9-16H,5-8H2,1-4H3. The van der Waals surface area contributed by atoms with E-state index in [0.29, 0.717) is 23.0 Å². The van der Waals surface area contributed by atoms with Crippen LogP contribution < -0.4 is 18.9 Å². The summed E-state index contributed by atoms with van der Waals surface area (Å²) in [4.78, 5) is 13.3. The van der Waals surface area contributed by atoms with Gasteiger partial charge in [0, 0.05) is 34.4 Å². The van der Waals surface area contributed by atoms with Crippen LogP contribution in [0.1, 0.15) is 36.8 Å². The van der Waals surface area contributed by atoms with E-state index in [-0.39, 0.29) is 5.78 Å². The van der Waals surface area contributed by atoms with Gasteiger partial charge in [0.25, 0.3) is 0 Å². The lowest BCUT2D eigenvalue weighted by Gasteiger charge is -2.11. The molecule has 2 aromatic carbocycles. The van der Waals surface area contributed by atoms with Gasteiger partial charge in [-0.3, -0.25) is 4.79 Å². The summed E-state index contributed by atoms with van der Waals surface area (Å²) in [7, 11) is 6.47. The normalized spacial score (nSPS) is 17.0. The van der Waals surface area contributed by atoms with Crippen LogP contribution in [0.15, 0.2) is 47.5 Å². The molecule has 0 spiro atoms. The molecule has 5 heteroatoms. The molecule has 2 aromatic rings. The number of methoxy groups -OCH3 is 4. The molecule has 30 heavy (non-hydrogen) atoms. The molecule has 3 rings (SSSR count). The maximum atomic E-state index is 13.3. The van der Waals surface area contributed by atoms with Gasteiger partial charge in [-0.2, -0.15) is 0 Å². The van der Waals surface area contributed by atoms with Crippen LogP contribution >= 0.6 is 0 Å². The van der Waals surface area contributed by atoms with Gasteiger partial charge in [0.15, 0.2) is 5.78 Å². The minimum Gasteiger partial charge on any atom is -0.497 e. The van der Waals surface area contributed by atoms with E-state index in [1.165, 1.54) is 0 Å². The summed E-state index contributed by atoms with van der Waals surface area (Å²) >= 11 is 0. The van der Waals surface area contributed by atoms with Crippen molar-refractivity contribution in [3.63, 3.8) is 0 Å². The lowest BCUT2D eigenvalue weighted by atomic mass is 9.97. The Morgan fingerprint density at radius 2 is 1.10 bits per heavy atom. The molecule has 0 unspecified atom stereocenters. The molecule has 0 saturated heterocycles. The zero-order valence-electron chi connectivity index (χ0n) is 18.0. The van der Waals surface area contributed by atoms with Crippen LogP contribution in [-0.2, 0) is 4.79 Å². The molecule has 0 radical (unpaired) electrons. The van der Waals surface area contributed by atoms with Gasteiger partial charge in [-0.1, -0.05) is 0 Å². The van der Waals surface area contributed by atoms with Crippen LogP contribution in [0.5, 0.6) is 23.0 Å². The van der Waals surface area contributed by atoms with Gasteiger partial charge in [0.1, 0.15) is 23.0 Å². The molecule has 158 valence electrons. The Kier molecular flexibility index (Phi) is 7.17. The summed E-state index contributed by atoms with van der Waals surface area (Å²) in [5.41, 5.74) is 3.30. The van der Waals surface area contributed by atoms with Crippen molar-refractivity contribution in [2.24, 2.45) is 0 Å². The van der Waals surface area contributed by atoms with E-state index < -0.39 is 0 Å². The zero-order chi connectivity index (χ0) is 21.5. The van der Waals surface area contributed by atoms with Gasteiger partial charge in [0.2, 0.25) is 0 Å². The number of hydrogen-bond acceptors (Lipinski definition) is 5. The molecule has 1 aliphatic rings. The third kappa shape index (κ3) is 4.85. The number of benzene rings is 2. The highest BCUT2D eigenvalue weighted by Gasteiger charge is 2.20. The van der Waals surface area contributed by atoms with Crippen LogP contribution in [-0.4, -0.2) is 34.2 Å². The van der Waals surface area contributed by atoms with Gasteiger partial charge in [-0.15, -0.1) is 0 Å². The van der Waals surface area contributed by atoms with E-state index in [0.717, 1.165) is 48.0 Å². The van der Waals surface area contributed by atoms with Gasteiger partial charge in [-0.25, -0.2) is 0 Å². The average molecular weight is 408 g/mol. The van der Waals surface area contributed by atoms with E-state index in [9.17, 15) is 4.79 Å². The summed E-state index contributed by atoms with van der Waals surface area (Å²) < 4.78 is 21.5. The fraction of sp³-hybridized carbons (Fsp3) is 0.320. The van der Waals surface area contributed by atoms with Gasteiger partial charge in [-0.05, 0) is 62.1 Å². The molecule has 0 bridgehead atoms. The number of hydrogen-bond donors (Lipinski definition) is 0. The highest BCUT2D eigenvalue weighted by molar-refractivity contribution is 6.13. The van der Waals surface area contributed by atoms with E-state index in [2.05, 4.69) is 0 Å². The van der Waals surface area contributed by atoms with Crippen molar-refractivity contribution >= 4 is 17.9 Å². The van der Waals surface area contributed by atoms with Crippen LogP contribution in [0.25, 0.3) is 12.2 Å². The lowest BCUT2D eigenvalue weighted by molar-refractivity contribution is -0.112. The molecule has 1 saturated carbocycles. The third-order valence-electron chi connectivity index (χ3n) is 5.27. The second kappa shape index (κ2) is 10.0. The van der Waals surface area contributed by atoms with Crippen molar-refractivity contribution in [3.8, 4) is 23.0 Å². The Hall–Kier alpha value is -3.21. The van der Waals surface area contributed by atoms with Crippen LogP contribution in [0.2, 0.25) is 0 Å². The number of ether oxygens (including phenoxy) is 4. The Balaban J connectivity index is 1.97. The van der Waals surface area contributed by atoms with Crippen molar-refractivity contribution in [1.29, 1.82) is 0 Å². The molecular weight excluding hydrogens is 380 g/mol. The van der Waals surface area contributed by atoms with Crippen LogP contribution in [0, 0.1) is 0 Å². The molecule has 0 aliphatic heterocycles. The zero-order valence-corrected chi connectivity index (χ0v) is 18.0. The fourth-order valence-electron chi connectivity index (χ4n) is 3.59. The number of rotatable bonds is 6. The molecule has 5 nitrogen and oxygen atoms in total. The highest BCUT2D eigenvalue weighted by atomic mass is 16.5. The molecule has 1 fully saturated rings. The quantitative estimate of drug-likeness (QED) is 0.478. The Morgan fingerprint density at radius 3 is 1.47 bits per heavy atom. The lowest BCUT2D eigenvalue weighted by Crippen LogP contribution is -2.04. The first-order chi connectivity index (χ1) is 14.6. The number of carbonyl (C=O) groups excluding carboxylic acids is 1. The van der Waals surface area contributed by atoms with Crippen molar-refractivity contribution in [2.75, 3.05) is 28.4 Å². The van der Waals surface area contributed by atoms with Crippen molar-refractivity contribution in [3.05, 3.63) is 58.7 Å². The number of Topliss-reactive ketones (excluding diaryl/α,β-unsaturated/α-hetero) is 1. The molecule has 0 atom stereocenters. The van der Waals surface area contributed by atoms with Crippen LogP contribution in [0.3, 0.4) is 0 Å². The molecule has 0 N–H and O–H groups in total. The summed E-state index contributed by atoms with van der Waals surface area (Å²) in [5, 5.41) is 0. The first kappa shape index (κ1) is 21.5. The maximum absolute atomic E-state index is 13.3. The number of ketones is 1. The first-order valence-corrected chi connectivity index (χ1v) is 9.99. The average Bonchev–Trinajstić information content (AvgIpc) is 2.95. The maximum Gasteiger partial charge on any atom is 0.185 e. The Bertz CT molecular complexity index is 894. The van der Waals surface area contributed by atoms with Gasteiger partial charge in [0.05, 0.1) is 28.4 Å². The predicted octanol–water partition coefficient (Wildman–Crippen LogP) is 5.33. The molecular formula is C25H28O5. The summed E-state index contributed by atoms with van der Waals surface area (Å²) in [5.74, 6) is 2.87.